The fourth-order valence-electron chi connectivity index (χ4n) is 2.52. The maximum Gasteiger partial charge on any atom is 0.323 e. The molecule has 0 radical (unpaired) electrons. The molecule has 0 unspecified atom stereocenters. The summed E-state index contributed by atoms with van der Waals surface area (Å²) in [4.78, 5) is 28.2. The number of pyridine rings is 1. The van der Waals surface area contributed by atoms with Crippen LogP contribution in [0.4, 0.5) is 21.9 Å². The Hall–Kier alpha value is -3.67. The van der Waals surface area contributed by atoms with E-state index in [1.165, 1.54) is 0 Å². The quantitative estimate of drug-likeness (QED) is 0.613. The summed E-state index contributed by atoms with van der Waals surface area (Å²) >= 11 is 0. The normalized spacial score (nSPS) is 10.1. The van der Waals surface area contributed by atoms with E-state index in [1.54, 1.807) is 48.8 Å². The average Bonchev–Trinajstić information content (AvgIpc) is 2.68. The summed E-state index contributed by atoms with van der Waals surface area (Å²) in [6.07, 6.45) is 4.44. The molecule has 136 valence electrons. The number of benzene rings is 2. The zero-order chi connectivity index (χ0) is 18.9. The smallest absolute Gasteiger partial charge is 0.323 e. The van der Waals surface area contributed by atoms with Crippen molar-refractivity contribution < 1.29 is 9.59 Å². The lowest BCUT2D eigenvalue weighted by molar-refractivity contribution is -0.116. The number of para-hydroxylation sites is 1. The lowest BCUT2D eigenvalue weighted by Crippen LogP contribution is -2.19. The third-order valence-electron chi connectivity index (χ3n) is 3.80. The van der Waals surface area contributed by atoms with Crippen molar-refractivity contribution in [3.63, 3.8) is 0 Å². The highest BCUT2D eigenvalue weighted by molar-refractivity contribution is 6.00. The first-order valence-corrected chi connectivity index (χ1v) is 8.61. The molecule has 6 heteroatoms. The van der Waals surface area contributed by atoms with E-state index >= 15 is 0 Å². The fourth-order valence-corrected chi connectivity index (χ4v) is 2.52. The summed E-state index contributed by atoms with van der Waals surface area (Å²) in [6, 6.07) is 19.6. The number of carbonyl (C=O) groups is 2. The second-order valence-electron chi connectivity index (χ2n) is 5.94. The van der Waals surface area contributed by atoms with Crippen molar-refractivity contribution in [3.8, 4) is 0 Å². The predicted molar refractivity (Wildman–Crippen MR) is 107 cm³/mol. The van der Waals surface area contributed by atoms with Gasteiger partial charge >= 0.3 is 6.03 Å². The van der Waals surface area contributed by atoms with E-state index < -0.39 is 0 Å². The molecule has 3 rings (SSSR count). The van der Waals surface area contributed by atoms with Crippen molar-refractivity contribution >= 4 is 29.0 Å². The van der Waals surface area contributed by atoms with Crippen LogP contribution < -0.4 is 16.0 Å². The molecule has 1 heterocycles. The van der Waals surface area contributed by atoms with Gasteiger partial charge in [0.25, 0.3) is 0 Å². The maximum absolute atomic E-state index is 12.1. The molecule has 0 bridgehead atoms. The lowest BCUT2D eigenvalue weighted by Gasteiger charge is -2.10. The Bertz CT molecular complexity index is 898. The Labute approximate surface area is 157 Å². The second kappa shape index (κ2) is 9.15. The summed E-state index contributed by atoms with van der Waals surface area (Å²) in [5.74, 6) is -0.0928. The van der Waals surface area contributed by atoms with Crippen LogP contribution in [-0.4, -0.2) is 16.9 Å². The zero-order valence-corrected chi connectivity index (χ0v) is 14.7. The van der Waals surface area contributed by atoms with E-state index in [2.05, 4.69) is 20.9 Å². The molecule has 3 aromatic rings. The highest BCUT2D eigenvalue weighted by Gasteiger charge is 2.06. The Kier molecular flexibility index (Phi) is 6.14. The second-order valence-corrected chi connectivity index (χ2v) is 5.94. The van der Waals surface area contributed by atoms with Crippen molar-refractivity contribution in [3.05, 3.63) is 84.7 Å². The van der Waals surface area contributed by atoms with Gasteiger partial charge in [-0.2, -0.15) is 0 Å². The molecule has 0 aliphatic heterocycles. The minimum absolute atomic E-state index is 0.0928. The fraction of sp³-hybridized carbons (Fsp3) is 0.0952. The van der Waals surface area contributed by atoms with Crippen LogP contribution in [0.25, 0.3) is 0 Å². The first-order chi connectivity index (χ1) is 13.2. The van der Waals surface area contributed by atoms with Crippen LogP contribution in [0, 0.1) is 0 Å². The number of hydrogen-bond acceptors (Lipinski definition) is 3. The molecule has 0 saturated carbocycles. The summed E-state index contributed by atoms with van der Waals surface area (Å²) in [5.41, 5.74) is 2.94. The van der Waals surface area contributed by atoms with Crippen LogP contribution in [0.2, 0.25) is 0 Å². The van der Waals surface area contributed by atoms with Crippen molar-refractivity contribution in [1.82, 2.24) is 4.98 Å². The summed E-state index contributed by atoms with van der Waals surface area (Å²) in [7, 11) is 0. The highest BCUT2D eigenvalue weighted by Crippen LogP contribution is 2.16. The Balaban J connectivity index is 1.52. The van der Waals surface area contributed by atoms with Gasteiger partial charge in [0.15, 0.2) is 0 Å². The van der Waals surface area contributed by atoms with Crippen LogP contribution in [0.5, 0.6) is 0 Å². The molecular formula is C21H20N4O2. The van der Waals surface area contributed by atoms with E-state index in [-0.39, 0.29) is 11.9 Å². The Morgan fingerprint density at radius 3 is 2.22 bits per heavy atom. The zero-order valence-electron chi connectivity index (χ0n) is 14.7. The number of aromatic nitrogens is 1. The minimum Gasteiger partial charge on any atom is -0.326 e. The number of amides is 3. The minimum atomic E-state index is -0.346. The van der Waals surface area contributed by atoms with E-state index in [4.69, 9.17) is 0 Å². The molecule has 0 aliphatic carbocycles. The van der Waals surface area contributed by atoms with Gasteiger partial charge in [0.1, 0.15) is 0 Å². The standard InChI is InChI=1S/C21H20N4O2/c26-20(12-11-16-6-5-13-22-15-16)23-18-9-4-10-19(14-18)25-21(27)24-17-7-2-1-3-8-17/h1-10,13-15H,11-12H2,(H,23,26)(H2,24,25,27). The summed E-state index contributed by atoms with van der Waals surface area (Å²) in [5, 5.41) is 8.34. The average molecular weight is 360 g/mol. The van der Waals surface area contributed by atoms with E-state index in [0.717, 1.165) is 5.56 Å². The van der Waals surface area contributed by atoms with Gasteiger partial charge in [-0.25, -0.2) is 4.79 Å². The number of aryl methyl sites for hydroxylation is 1. The van der Waals surface area contributed by atoms with E-state index in [0.29, 0.717) is 29.9 Å². The summed E-state index contributed by atoms with van der Waals surface area (Å²) < 4.78 is 0. The van der Waals surface area contributed by atoms with Gasteiger partial charge < -0.3 is 16.0 Å². The van der Waals surface area contributed by atoms with E-state index in [1.807, 2.05) is 30.3 Å². The van der Waals surface area contributed by atoms with E-state index in [9.17, 15) is 9.59 Å². The summed E-state index contributed by atoms with van der Waals surface area (Å²) in [6.45, 7) is 0. The van der Waals surface area contributed by atoms with Gasteiger partial charge in [-0.05, 0) is 48.4 Å². The number of carbonyl (C=O) groups excluding carboxylic acids is 2. The molecule has 3 amide bonds. The molecular weight excluding hydrogens is 340 g/mol. The molecule has 1 aromatic heterocycles. The van der Waals surface area contributed by atoms with Crippen molar-refractivity contribution in [2.45, 2.75) is 12.8 Å². The largest absolute Gasteiger partial charge is 0.326 e. The van der Waals surface area contributed by atoms with Crippen LogP contribution in [0.3, 0.4) is 0 Å². The topological polar surface area (TPSA) is 83.1 Å². The molecule has 0 aliphatic rings. The molecule has 0 fully saturated rings. The van der Waals surface area contributed by atoms with Crippen molar-refractivity contribution in [1.29, 1.82) is 0 Å². The number of hydrogen-bond donors (Lipinski definition) is 3. The van der Waals surface area contributed by atoms with Crippen molar-refractivity contribution in [2.24, 2.45) is 0 Å². The molecule has 3 N–H and O–H groups in total. The van der Waals surface area contributed by atoms with Gasteiger partial charge in [-0.15, -0.1) is 0 Å². The lowest BCUT2D eigenvalue weighted by atomic mass is 10.1. The van der Waals surface area contributed by atoms with Gasteiger partial charge in [0, 0.05) is 35.9 Å². The number of nitrogens with zero attached hydrogens (tertiary/aromatic N) is 1. The van der Waals surface area contributed by atoms with Gasteiger partial charge in [0.05, 0.1) is 0 Å². The highest BCUT2D eigenvalue weighted by atomic mass is 16.2. The first-order valence-electron chi connectivity index (χ1n) is 8.61. The molecule has 27 heavy (non-hydrogen) atoms. The third-order valence-corrected chi connectivity index (χ3v) is 3.80. The predicted octanol–water partition coefficient (Wildman–Crippen LogP) is 4.30. The molecule has 2 aromatic carbocycles. The number of nitrogens with one attached hydrogen (secondary N) is 3. The molecule has 6 nitrogen and oxygen atoms in total. The van der Waals surface area contributed by atoms with Gasteiger partial charge in [0.2, 0.25) is 5.91 Å². The van der Waals surface area contributed by atoms with Crippen LogP contribution in [0.1, 0.15) is 12.0 Å². The maximum atomic E-state index is 12.1. The van der Waals surface area contributed by atoms with Gasteiger partial charge in [-0.3, -0.25) is 9.78 Å². The van der Waals surface area contributed by atoms with Crippen molar-refractivity contribution in [2.75, 3.05) is 16.0 Å². The number of rotatable bonds is 6. The Morgan fingerprint density at radius 1 is 0.778 bits per heavy atom. The monoisotopic (exact) mass is 360 g/mol. The third kappa shape index (κ3) is 5.97. The molecule has 0 atom stereocenters. The van der Waals surface area contributed by atoms with Crippen LogP contribution in [0.15, 0.2) is 79.1 Å². The van der Waals surface area contributed by atoms with Crippen LogP contribution >= 0.6 is 0 Å². The molecule has 0 saturated heterocycles. The SMILES string of the molecule is O=C(CCc1cccnc1)Nc1cccc(NC(=O)Nc2ccccc2)c1. The van der Waals surface area contributed by atoms with Crippen LogP contribution in [-0.2, 0) is 11.2 Å². The number of anilines is 3. The first kappa shape index (κ1) is 18.1. The molecule has 0 spiro atoms. The Morgan fingerprint density at radius 2 is 1.48 bits per heavy atom. The van der Waals surface area contributed by atoms with Gasteiger partial charge in [-0.1, -0.05) is 30.3 Å². The number of urea groups is 1.